The van der Waals surface area contributed by atoms with Gasteiger partial charge in [0.05, 0.1) is 12.2 Å². The van der Waals surface area contributed by atoms with E-state index in [1.165, 1.54) is 0 Å². The number of aromatic nitrogens is 1. The van der Waals surface area contributed by atoms with E-state index in [0.29, 0.717) is 5.92 Å². The molecular formula is C20H25BrN2O2. The number of nitrogens with zero attached hydrogens (tertiary/aromatic N) is 2. The van der Waals surface area contributed by atoms with Gasteiger partial charge in [-0.1, -0.05) is 15.9 Å². The highest BCUT2D eigenvalue weighted by Gasteiger charge is 2.25. The molecule has 4 nitrogen and oxygen atoms in total. The molecule has 1 fully saturated rings. The number of amides is 1. The van der Waals surface area contributed by atoms with Crippen molar-refractivity contribution < 1.29 is 9.53 Å². The van der Waals surface area contributed by atoms with E-state index >= 15 is 0 Å². The van der Waals surface area contributed by atoms with E-state index in [2.05, 4.69) is 32.6 Å². The molecule has 1 aromatic heterocycles. The smallest absolute Gasteiger partial charge is 0.255 e. The van der Waals surface area contributed by atoms with Crippen LogP contribution in [-0.2, 0) is 4.74 Å². The zero-order valence-corrected chi connectivity index (χ0v) is 16.7. The second-order valence-corrected chi connectivity index (χ2v) is 7.59. The van der Waals surface area contributed by atoms with E-state index in [4.69, 9.17) is 4.74 Å². The quantitative estimate of drug-likeness (QED) is 0.741. The molecule has 5 heteroatoms. The maximum Gasteiger partial charge on any atom is 0.255 e. The molecule has 3 rings (SSSR count). The number of halogens is 1. The van der Waals surface area contributed by atoms with Crippen molar-refractivity contribution in [3.8, 4) is 5.69 Å². The van der Waals surface area contributed by atoms with Crippen LogP contribution in [0.4, 0.5) is 0 Å². The van der Waals surface area contributed by atoms with Crippen molar-refractivity contribution in [2.45, 2.75) is 27.2 Å². The molecule has 1 amide bonds. The van der Waals surface area contributed by atoms with E-state index in [1.807, 2.05) is 43.9 Å². The van der Waals surface area contributed by atoms with Crippen molar-refractivity contribution in [2.24, 2.45) is 5.92 Å². The second-order valence-electron chi connectivity index (χ2n) is 6.67. The van der Waals surface area contributed by atoms with Crippen molar-refractivity contribution >= 4 is 21.8 Å². The van der Waals surface area contributed by atoms with E-state index in [0.717, 1.165) is 59.8 Å². The summed E-state index contributed by atoms with van der Waals surface area (Å²) in [4.78, 5) is 15.1. The van der Waals surface area contributed by atoms with Gasteiger partial charge in [0.15, 0.2) is 0 Å². The monoisotopic (exact) mass is 404 g/mol. The Labute approximate surface area is 157 Å². The van der Waals surface area contributed by atoms with Crippen LogP contribution in [0.5, 0.6) is 0 Å². The number of carbonyl (C=O) groups is 1. The zero-order valence-electron chi connectivity index (χ0n) is 15.1. The lowest BCUT2D eigenvalue weighted by Crippen LogP contribution is -2.35. The van der Waals surface area contributed by atoms with Gasteiger partial charge in [-0.15, -0.1) is 0 Å². The summed E-state index contributed by atoms with van der Waals surface area (Å²) < 4.78 is 8.65. The Balaban J connectivity index is 1.87. The lowest BCUT2D eigenvalue weighted by atomic mass is 10.1. The van der Waals surface area contributed by atoms with Gasteiger partial charge in [0, 0.05) is 47.2 Å². The van der Waals surface area contributed by atoms with Crippen LogP contribution in [0.3, 0.4) is 0 Å². The third-order valence-electron chi connectivity index (χ3n) is 4.92. The third-order valence-corrected chi connectivity index (χ3v) is 5.45. The fourth-order valence-corrected chi connectivity index (χ4v) is 3.80. The van der Waals surface area contributed by atoms with Crippen molar-refractivity contribution in [2.75, 3.05) is 26.3 Å². The molecule has 0 bridgehead atoms. The molecule has 0 N–H and O–H groups in total. The average molecular weight is 405 g/mol. The Morgan fingerprint density at radius 2 is 2.04 bits per heavy atom. The van der Waals surface area contributed by atoms with E-state index in [1.54, 1.807) is 0 Å². The molecule has 0 spiro atoms. The molecule has 1 unspecified atom stereocenters. The molecule has 1 saturated heterocycles. The van der Waals surface area contributed by atoms with E-state index in [9.17, 15) is 4.79 Å². The Kier molecular flexibility index (Phi) is 5.64. The fraction of sp³-hybridized carbons (Fsp3) is 0.450. The Morgan fingerprint density at radius 1 is 1.32 bits per heavy atom. The number of ether oxygens (including phenoxy) is 1. The highest BCUT2D eigenvalue weighted by Crippen LogP contribution is 2.24. The summed E-state index contributed by atoms with van der Waals surface area (Å²) in [5.74, 6) is 0.574. The zero-order chi connectivity index (χ0) is 18.0. The molecular weight excluding hydrogens is 380 g/mol. The topological polar surface area (TPSA) is 34.5 Å². The minimum atomic E-state index is 0.117. The van der Waals surface area contributed by atoms with Crippen LogP contribution < -0.4 is 0 Å². The summed E-state index contributed by atoms with van der Waals surface area (Å²) in [5, 5.41) is 0. The van der Waals surface area contributed by atoms with Crippen LogP contribution >= 0.6 is 15.9 Å². The minimum Gasteiger partial charge on any atom is -0.381 e. The van der Waals surface area contributed by atoms with Gasteiger partial charge in [-0.3, -0.25) is 4.79 Å². The van der Waals surface area contributed by atoms with Crippen LogP contribution in [0.2, 0.25) is 0 Å². The molecule has 1 atom stereocenters. The molecule has 2 aromatic rings. The molecule has 1 aromatic carbocycles. The van der Waals surface area contributed by atoms with Crippen LogP contribution in [-0.4, -0.2) is 41.7 Å². The Bertz CT molecular complexity index is 746. The first-order valence-electron chi connectivity index (χ1n) is 8.83. The maximum atomic E-state index is 13.1. The number of hydrogen-bond acceptors (Lipinski definition) is 2. The molecule has 134 valence electrons. The Hall–Kier alpha value is -1.59. The SMILES string of the molecule is CCN(CC1CCOC1)C(=O)c1cc(C)n(-c2ccc(Br)cc2)c1C. The van der Waals surface area contributed by atoms with Gasteiger partial charge in [0.2, 0.25) is 0 Å². The molecule has 0 aliphatic carbocycles. The normalized spacial score (nSPS) is 17.0. The molecule has 0 radical (unpaired) electrons. The molecule has 1 aliphatic rings. The van der Waals surface area contributed by atoms with Crippen LogP contribution in [0.1, 0.15) is 35.1 Å². The van der Waals surface area contributed by atoms with Crippen LogP contribution in [0.25, 0.3) is 5.69 Å². The summed E-state index contributed by atoms with van der Waals surface area (Å²) in [6.07, 6.45) is 1.04. The summed E-state index contributed by atoms with van der Waals surface area (Å²) in [7, 11) is 0. The number of benzene rings is 1. The van der Waals surface area contributed by atoms with Crippen molar-refractivity contribution in [1.82, 2.24) is 9.47 Å². The van der Waals surface area contributed by atoms with E-state index < -0.39 is 0 Å². The van der Waals surface area contributed by atoms with Gasteiger partial charge in [0.25, 0.3) is 5.91 Å². The van der Waals surface area contributed by atoms with Crippen molar-refractivity contribution in [3.05, 3.63) is 51.8 Å². The summed E-state index contributed by atoms with van der Waals surface area (Å²) in [6.45, 7) is 9.19. The number of carbonyl (C=O) groups excluding carboxylic acids is 1. The van der Waals surface area contributed by atoms with Gasteiger partial charge in [0.1, 0.15) is 0 Å². The molecule has 25 heavy (non-hydrogen) atoms. The third kappa shape index (κ3) is 3.82. The van der Waals surface area contributed by atoms with Gasteiger partial charge >= 0.3 is 0 Å². The highest BCUT2D eigenvalue weighted by molar-refractivity contribution is 9.10. The van der Waals surface area contributed by atoms with Crippen LogP contribution in [0, 0.1) is 19.8 Å². The molecule has 2 heterocycles. The maximum absolute atomic E-state index is 13.1. The number of aryl methyl sites for hydroxylation is 1. The Morgan fingerprint density at radius 3 is 2.64 bits per heavy atom. The predicted molar refractivity (Wildman–Crippen MR) is 103 cm³/mol. The standard InChI is InChI=1S/C20H25BrN2O2/c1-4-22(12-16-9-10-25-13-16)20(24)19-11-14(2)23(15(19)3)18-7-5-17(21)6-8-18/h5-8,11,16H,4,9-10,12-13H2,1-3H3. The first-order valence-corrected chi connectivity index (χ1v) is 9.62. The van der Waals surface area contributed by atoms with Gasteiger partial charge < -0.3 is 14.2 Å². The summed E-state index contributed by atoms with van der Waals surface area (Å²) >= 11 is 3.47. The number of rotatable bonds is 5. The van der Waals surface area contributed by atoms with Crippen LogP contribution in [0.15, 0.2) is 34.8 Å². The molecule has 0 saturated carbocycles. The lowest BCUT2D eigenvalue weighted by Gasteiger charge is -2.24. The largest absolute Gasteiger partial charge is 0.381 e. The highest BCUT2D eigenvalue weighted by atomic mass is 79.9. The van der Waals surface area contributed by atoms with Crippen molar-refractivity contribution in [3.63, 3.8) is 0 Å². The predicted octanol–water partition coefficient (Wildman–Crippen LogP) is 4.36. The van der Waals surface area contributed by atoms with Gasteiger partial charge in [-0.05, 0) is 57.5 Å². The van der Waals surface area contributed by atoms with Crippen molar-refractivity contribution in [1.29, 1.82) is 0 Å². The van der Waals surface area contributed by atoms with Gasteiger partial charge in [-0.25, -0.2) is 0 Å². The average Bonchev–Trinajstić information content (AvgIpc) is 3.21. The molecule has 1 aliphatic heterocycles. The minimum absolute atomic E-state index is 0.117. The van der Waals surface area contributed by atoms with Gasteiger partial charge in [-0.2, -0.15) is 0 Å². The number of hydrogen-bond donors (Lipinski definition) is 0. The van der Waals surface area contributed by atoms with E-state index in [-0.39, 0.29) is 5.91 Å². The lowest BCUT2D eigenvalue weighted by molar-refractivity contribution is 0.0730. The first kappa shape index (κ1) is 18.2. The second kappa shape index (κ2) is 7.75. The fourth-order valence-electron chi connectivity index (χ4n) is 3.53. The first-order chi connectivity index (χ1) is 12.0. The summed E-state index contributed by atoms with van der Waals surface area (Å²) in [6, 6.07) is 10.2. The summed E-state index contributed by atoms with van der Waals surface area (Å²) in [5.41, 5.74) is 3.93.